The molecule has 5 aromatic heterocycles. The zero-order valence-electron chi connectivity index (χ0n) is 75.5. The zero-order valence-corrected chi connectivity index (χ0v) is 81.4. The number of fused-ring (bicyclic) bond motifs is 8. The molecule has 0 atom stereocenters. The van der Waals surface area contributed by atoms with Crippen molar-refractivity contribution in [1.29, 1.82) is 5.26 Å². The van der Waals surface area contributed by atoms with Gasteiger partial charge in [0.1, 0.15) is 34.5 Å². The van der Waals surface area contributed by atoms with Crippen LogP contribution in [0.15, 0.2) is 280 Å². The van der Waals surface area contributed by atoms with Crippen LogP contribution in [-0.4, -0.2) is 48.9 Å². The number of benzene rings is 11. The van der Waals surface area contributed by atoms with Gasteiger partial charge in [-0.2, -0.15) is 35.0 Å². The summed E-state index contributed by atoms with van der Waals surface area (Å²) in [5.74, 6) is 4.59. The molecular weight excluding hydrogens is 2030 g/mol. The summed E-state index contributed by atoms with van der Waals surface area (Å²) in [5, 5.41) is 12.9. The Kier molecular flexibility index (Phi) is 29.5. The van der Waals surface area contributed by atoms with Crippen molar-refractivity contribution in [2.45, 2.75) is 163 Å². The van der Waals surface area contributed by atoms with Gasteiger partial charge in [-0.05, 0) is 187 Å². The van der Waals surface area contributed by atoms with Gasteiger partial charge in [0.2, 0.25) is 0 Å². The molecule has 1 aliphatic heterocycles. The molecule has 0 bridgehead atoms. The van der Waals surface area contributed by atoms with Gasteiger partial charge in [0.25, 0.3) is 6.33 Å². The monoisotopic (exact) mass is 2130 g/mol. The molecule has 0 radical (unpaired) electrons. The third-order valence-corrected chi connectivity index (χ3v) is 22.3. The summed E-state index contributed by atoms with van der Waals surface area (Å²) in [5.41, 5.74) is 15.2. The van der Waals surface area contributed by atoms with E-state index in [0.29, 0.717) is 17.1 Å². The number of halogens is 5. The van der Waals surface area contributed by atoms with Crippen molar-refractivity contribution in [3.63, 3.8) is 0 Å². The maximum Gasteiger partial charge on any atom is 0 e. The van der Waals surface area contributed by atoms with Crippen LogP contribution in [0.3, 0.4) is 0 Å². The van der Waals surface area contributed by atoms with Crippen LogP contribution < -0.4 is 23.8 Å². The second kappa shape index (κ2) is 39.4. The first-order valence-electron chi connectivity index (χ1n) is 41.7. The van der Waals surface area contributed by atoms with Crippen molar-refractivity contribution < 1.29 is 83.9 Å². The predicted molar refractivity (Wildman–Crippen MR) is 505 cm³/mol. The molecule has 6 heterocycles. The molecule has 0 fully saturated rings. The Bertz CT molecular complexity index is 6880. The SMILES string of the molecule is CC(C)(C)c1cc(Oc2[c-]c3c(cc2)c2ccccc2n3-c2cc(C(C)(C)C)ccn2)[c-]c(N2[CH-]N(c3cccc(C(C)(C)C)c3)c3ccccc32)c1.CC(C)(C)c1cc(Oc2ccc3c4ccccc4n(-c4cc(C(C)(C)C)ccn4)c3c2)cc(-n2c[n+](-c3cccc(C(C)(C)C)c3)c3ccccc32)c1.N#Cc1ccccc1.O=S(=O)([O-])C(F)(F)F.[2H][C-]=O.[Cl][Pt][Cl].[Pt]. The number of aromatic nitrogens is 6. The Hall–Kier alpha value is -11.2. The summed E-state index contributed by atoms with van der Waals surface area (Å²) in [6, 6.07) is 101. The van der Waals surface area contributed by atoms with Crippen LogP contribution in [0, 0.1) is 30.1 Å². The number of pyridine rings is 2. The van der Waals surface area contributed by atoms with Crippen molar-refractivity contribution in [2.75, 3.05) is 9.80 Å². The number of para-hydroxylation sites is 6. The number of hydrogen-bond acceptors (Lipinski definition) is 11. The van der Waals surface area contributed by atoms with E-state index in [1.54, 1.807) is 12.1 Å². The predicted octanol–water partition coefficient (Wildman–Crippen LogP) is 27.7. The topological polar surface area (TPSA) is 167 Å². The van der Waals surface area contributed by atoms with E-state index >= 15 is 0 Å². The Labute approximate surface area is 781 Å². The van der Waals surface area contributed by atoms with Crippen LogP contribution in [0.25, 0.3) is 77.7 Å². The second-order valence-electron chi connectivity index (χ2n) is 37.0. The van der Waals surface area contributed by atoms with Gasteiger partial charge in [-0.15, -0.1) is 53.6 Å². The molecule has 1 aliphatic rings. The van der Waals surface area contributed by atoms with Gasteiger partial charge in [0, 0.05) is 90.4 Å². The van der Waals surface area contributed by atoms with Crippen molar-refractivity contribution >= 4 is 113 Å². The number of imidazole rings is 1. The second-order valence-corrected chi connectivity index (χ2v) is 41.7. The minimum Gasteiger partial charge on any atom is 0 e. The summed E-state index contributed by atoms with van der Waals surface area (Å²) >= 11 is -0.472. The maximum absolute atomic E-state index is 10.7. The summed E-state index contributed by atoms with van der Waals surface area (Å²) in [6.45, 7) is 43.3. The van der Waals surface area contributed by atoms with Gasteiger partial charge in [-0.25, -0.2) is 18.4 Å². The van der Waals surface area contributed by atoms with E-state index in [-0.39, 0.29) is 53.6 Å². The molecule has 15 nitrogen and oxygen atoms in total. The zero-order chi connectivity index (χ0) is 92.8. The fraction of sp³-hybridized carbons (Fsp3) is 0.238. The van der Waals surface area contributed by atoms with E-state index in [9.17, 15) is 13.2 Å². The number of hydrogen-bond donors (Lipinski definition) is 0. The van der Waals surface area contributed by atoms with Crippen LogP contribution in [0.1, 0.15) is 165 Å². The molecule has 23 heteroatoms. The average molecular weight is 2140 g/mol. The molecule has 0 aliphatic carbocycles. The van der Waals surface area contributed by atoms with E-state index in [1.165, 1.54) is 38.6 Å². The molecule has 11 aromatic carbocycles. The average Bonchev–Trinajstić information content (AvgIpc) is 1.60. The number of carbonyl (C=O) groups excluding carboxylic acids is 1. The fourth-order valence-corrected chi connectivity index (χ4v) is 14.9. The summed E-state index contributed by atoms with van der Waals surface area (Å²) < 4.78 is 87.0. The first-order valence-corrected chi connectivity index (χ1v) is 48.2. The third kappa shape index (κ3) is 22.4. The van der Waals surface area contributed by atoms with Crippen LogP contribution in [0.2, 0.25) is 0 Å². The summed E-state index contributed by atoms with van der Waals surface area (Å²) in [4.78, 5) is 22.6. The smallest absolute Gasteiger partial charge is 0 e. The Morgan fingerprint density at radius 2 is 0.945 bits per heavy atom. The Morgan fingerprint density at radius 1 is 0.477 bits per heavy atom. The molecule has 0 spiro atoms. The van der Waals surface area contributed by atoms with Crippen LogP contribution in [0.4, 0.5) is 35.9 Å². The number of alkyl halides is 3. The van der Waals surface area contributed by atoms with E-state index < -0.39 is 32.1 Å². The molecule has 128 heavy (non-hydrogen) atoms. The van der Waals surface area contributed by atoms with E-state index in [2.05, 4.69) is 402 Å². The van der Waals surface area contributed by atoms with Gasteiger partial charge in [-0.1, -0.05) is 233 Å². The van der Waals surface area contributed by atoms with Crippen molar-refractivity contribution in [3.05, 3.63) is 337 Å². The van der Waals surface area contributed by atoms with E-state index in [0.717, 1.165) is 113 Å². The van der Waals surface area contributed by atoms with Crippen molar-refractivity contribution in [3.8, 4) is 52.1 Å². The number of rotatable bonds is 10. The van der Waals surface area contributed by atoms with Crippen LogP contribution in [0.5, 0.6) is 23.0 Å². The largest absolute Gasteiger partial charge is 0 e. The normalized spacial score (nSPS) is 12.5. The molecule has 0 saturated carbocycles. The molecule has 668 valence electrons. The van der Waals surface area contributed by atoms with E-state index in [4.69, 9.17) is 62.7 Å². The van der Waals surface area contributed by atoms with Gasteiger partial charge in [0.05, 0.1) is 22.7 Å². The van der Waals surface area contributed by atoms with E-state index in [1.807, 2.05) is 42.7 Å². The number of ether oxygens (including phenoxy) is 2. The molecule has 0 amide bonds. The molecule has 17 rings (SSSR count). The molecule has 0 N–H and O–H groups in total. The Morgan fingerprint density at radius 3 is 1.51 bits per heavy atom. The van der Waals surface area contributed by atoms with Gasteiger partial charge < -0.3 is 33.2 Å². The fourth-order valence-electron chi connectivity index (χ4n) is 14.9. The molecule has 0 unspecified atom stereocenters. The number of nitriles is 1. The summed E-state index contributed by atoms with van der Waals surface area (Å²) in [7, 11) is 3.66. The van der Waals surface area contributed by atoms with Crippen LogP contribution in [-0.2, 0) is 84.9 Å². The molecular formula is C105H102Cl2F3N9O6Pt2S-4. The quantitative estimate of drug-likeness (QED) is 0.0420. The van der Waals surface area contributed by atoms with Gasteiger partial charge >= 0.3 is 40.8 Å². The minimum atomic E-state index is -6.09. The summed E-state index contributed by atoms with van der Waals surface area (Å²) in [6.07, 6.45) is 6.04. The van der Waals surface area contributed by atoms with Gasteiger partial charge in [-0.3, -0.25) is 11.3 Å². The minimum absolute atomic E-state index is 0. The third-order valence-electron chi connectivity index (χ3n) is 21.8. The van der Waals surface area contributed by atoms with Crippen LogP contribution >= 0.6 is 18.8 Å². The first kappa shape index (κ1) is 95.9. The number of anilines is 4. The van der Waals surface area contributed by atoms with Gasteiger partial charge in [0.15, 0.2) is 21.2 Å². The Balaban J connectivity index is 0.000000201. The first-order chi connectivity index (χ1) is 60.3. The standard InChI is InChI=1S/C48H49N4O.C48H47N4O.C7H5N.CHF3O3S.CHO.2ClH.2Pt/c2*1-46(2,3)32-15-14-16-35(25-32)50-31-51(43-20-13-12-19-42(43)50)36-26-34(48(7,8)9)27-38(29-36)53-37-21-22-40-39-17-10-11-18-41(39)52(44(40)30-37)45-28-33(23-24-49-45)47(4,5)6;8-6-7-4-2-1-3-5-7;2-1(3,4)8(5,6)7;1-2;;;;/h10-31H,1-9H3;10-28,31H,1-9H3;1-5H;(H,5,6,7);1H;2*1H;;/q+1;-3;;;-1;;;;+2/p-3/i;;;;1D;;;;. The van der Waals surface area contributed by atoms with Crippen molar-refractivity contribution in [1.82, 2.24) is 23.7 Å². The molecule has 16 aromatic rings. The number of nitrogens with zero attached hydrogens (tertiary/aromatic N) is 9. The maximum atomic E-state index is 10.7. The molecule has 0 saturated heterocycles. The van der Waals surface area contributed by atoms with Crippen molar-refractivity contribution in [2.24, 2.45) is 0 Å².